The minimum atomic E-state index is -1.20. The average Bonchev–Trinajstić information content (AvgIpc) is 2.68. The molecule has 0 radical (unpaired) electrons. The van der Waals surface area contributed by atoms with Crippen molar-refractivity contribution in [3.8, 4) is 0 Å². The maximum absolute atomic E-state index is 12.9. The molecule has 0 saturated heterocycles. The zero-order valence-electron chi connectivity index (χ0n) is 12.2. The minimum Gasteiger partial charge on any atom is -0.298 e. The van der Waals surface area contributed by atoms with Crippen molar-refractivity contribution in [2.24, 2.45) is 5.92 Å². The predicted molar refractivity (Wildman–Crippen MR) is 78.9 cm³/mol. The van der Waals surface area contributed by atoms with Crippen LogP contribution in [0.25, 0.3) is 0 Å². The molecule has 2 rings (SSSR count). The average molecular weight is 278 g/mol. The summed E-state index contributed by atoms with van der Waals surface area (Å²) in [6.07, 6.45) is 2.43. The lowest BCUT2D eigenvalue weighted by Gasteiger charge is -2.19. The molecule has 0 unspecified atom stereocenters. The Kier molecular flexibility index (Phi) is 4.24. The van der Waals surface area contributed by atoms with E-state index in [0.29, 0.717) is 6.42 Å². The van der Waals surface area contributed by atoms with Crippen LogP contribution in [0.4, 0.5) is 0 Å². The van der Waals surface area contributed by atoms with E-state index in [2.05, 4.69) is 19.1 Å². The highest BCUT2D eigenvalue weighted by molar-refractivity contribution is 7.86. The molecule has 1 aromatic carbocycles. The molecule has 1 aromatic rings. The lowest BCUT2D eigenvalue weighted by molar-refractivity contribution is -0.117. The highest BCUT2D eigenvalue weighted by Gasteiger charge is 2.39. The first-order valence-corrected chi connectivity index (χ1v) is 8.18. The lowest BCUT2D eigenvalue weighted by atomic mass is 10.1. The standard InChI is InChI=1S/C16H22O2S/c1-5-13-6-7-14(17)16(13)19(18)15-11(3)8-10(2)9-12(15)4/h8-9,13,16H,5-7H2,1-4H3/t13-,16+,19-/m0/s1. The van der Waals surface area contributed by atoms with Gasteiger partial charge in [0.25, 0.3) is 0 Å². The summed E-state index contributed by atoms with van der Waals surface area (Å²) in [7, 11) is -1.20. The van der Waals surface area contributed by atoms with E-state index >= 15 is 0 Å². The molecular formula is C16H22O2S. The van der Waals surface area contributed by atoms with Crippen LogP contribution in [-0.4, -0.2) is 15.2 Å². The maximum Gasteiger partial charge on any atom is 0.149 e. The number of hydrogen-bond acceptors (Lipinski definition) is 2. The number of ketones is 1. The second-order valence-electron chi connectivity index (χ2n) is 5.62. The van der Waals surface area contributed by atoms with Crippen LogP contribution in [-0.2, 0) is 15.6 Å². The predicted octanol–water partition coefficient (Wildman–Crippen LogP) is 3.48. The Morgan fingerprint density at radius 3 is 2.32 bits per heavy atom. The minimum absolute atomic E-state index is 0.185. The topological polar surface area (TPSA) is 34.1 Å². The summed E-state index contributed by atoms with van der Waals surface area (Å²) in [6.45, 7) is 8.12. The molecule has 19 heavy (non-hydrogen) atoms. The SMILES string of the molecule is CC[C@H]1CCC(=O)[C@@H]1[S@@](=O)c1c(C)cc(C)cc1C. The van der Waals surface area contributed by atoms with Gasteiger partial charge in [0, 0.05) is 11.3 Å². The first-order valence-electron chi connectivity index (χ1n) is 6.96. The highest BCUT2D eigenvalue weighted by Crippen LogP contribution is 2.34. The van der Waals surface area contributed by atoms with Gasteiger partial charge >= 0.3 is 0 Å². The number of hydrogen-bond donors (Lipinski definition) is 0. The Bertz CT molecular complexity index is 511. The molecule has 1 saturated carbocycles. The monoisotopic (exact) mass is 278 g/mol. The Hall–Kier alpha value is -0.960. The summed E-state index contributed by atoms with van der Waals surface area (Å²) in [5, 5.41) is -0.287. The second kappa shape index (κ2) is 5.58. The van der Waals surface area contributed by atoms with Crippen LogP contribution in [0.5, 0.6) is 0 Å². The van der Waals surface area contributed by atoms with Gasteiger partial charge in [0.2, 0.25) is 0 Å². The van der Waals surface area contributed by atoms with Crippen molar-refractivity contribution in [3.05, 3.63) is 28.8 Å². The van der Waals surface area contributed by atoms with Crippen molar-refractivity contribution in [1.29, 1.82) is 0 Å². The van der Waals surface area contributed by atoms with Gasteiger partial charge in [-0.1, -0.05) is 31.0 Å². The van der Waals surface area contributed by atoms with E-state index in [1.807, 2.05) is 20.8 Å². The third-order valence-corrected chi connectivity index (χ3v) is 6.22. The summed E-state index contributed by atoms with van der Waals surface area (Å²) in [5.74, 6) is 0.470. The largest absolute Gasteiger partial charge is 0.298 e. The molecule has 1 fully saturated rings. The van der Waals surface area contributed by atoms with E-state index in [-0.39, 0.29) is 17.0 Å². The van der Waals surface area contributed by atoms with E-state index in [1.54, 1.807) is 0 Å². The Morgan fingerprint density at radius 2 is 1.79 bits per heavy atom. The summed E-state index contributed by atoms with van der Waals surface area (Å²) < 4.78 is 12.9. The molecule has 0 N–H and O–H groups in total. The highest BCUT2D eigenvalue weighted by atomic mass is 32.2. The first kappa shape index (κ1) is 14.4. The van der Waals surface area contributed by atoms with Crippen molar-refractivity contribution < 1.29 is 9.00 Å². The quantitative estimate of drug-likeness (QED) is 0.848. The number of aryl methyl sites for hydroxylation is 3. The Balaban J connectivity index is 2.42. The molecule has 3 heteroatoms. The van der Waals surface area contributed by atoms with Crippen molar-refractivity contribution in [1.82, 2.24) is 0 Å². The van der Waals surface area contributed by atoms with Gasteiger partial charge in [0.05, 0.1) is 10.8 Å². The van der Waals surface area contributed by atoms with Gasteiger partial charge in [-0.15, -0.1) is 0 Å². The van der Waals surface area contributed by atoms with Crippen molar-refractivity contribution in [2.45, 2.75) is 57.1 Å². The molecule has 0 heterocycles. The van der Waals surface area contributed by atoms with Crippen LogP contribution < -0.4 is 0 Å². The molecular weight excluding hydrogens is 256 g/mol. The van der Waals surface area contributed by atoms with Gasteiger partial charge in [0.15, 0.2) is 0 Å². The fourth-order valence-corrected chi connectivity index (χ4v) is 5.25. The number of carbonyl (C=O) groups is 1. The molecule has 104 valence electrons. The third kappa shape index (κ3) is 2.66. The maximum atomic E-state index is 12.9. The fraction of sp³-hybridized carbons (Fsp3) is 0.562. The molecule has 0 aromatic heterocycles. The van der Waals surface area contributed by atoms with Crippen LogP contribution in [0.15, 0.2) is 17.0 Å². The van der Waals surface area contributed by atoms with E-state index in [4.69, 9.17) is 0 Å². The van der Waals surface area contributed by atoms with Gasteiger partial charge in [-0.2, -0.15) is 0 Å². The van der Waals surface area contributed by atoms with Crippen molar-refractivity contribution in [2.75, 3.05) is 0 Å². The third-order valence-electron chi connectivity index (χ3n) is 4.07. The lowest BCUT2D eigenvalue weighted by Crippen LogP contribution is -2.27. The summed E-state index contributed by atoms with van der Waals surface area (Å²) in [5.41, 5.74) is 3.27. The second-order valence-corrected chi connectivity index (χ2v) is 7.13. The molecule has 1 aliphatic rings. The fourth-order valence-electron chi connectivity index (χ4n) is 3.21. The molecule has 3 atom stereocenters. The van der Waals surface area contributed by atoms with Gasteiger partial charge in [0.1, 0.15) is 11.0 Å². The molecule has 0 amide bonds. The zero-order valence-corrected chi connectivity index (χ0v) is 13.0. The smallest absolute Gasteiger partial charge is 0.149 e. The van der Waals surface area contributed by atoms with E-state index in [0.717, 1.165) is 28.9 Å². The van der Waals surface area contributed by atoms with Crippen LogP contribution in [0.1, 0.15) is 42.9 Å². The van der Waals surface area contributed by atoms with Crippen LogP contribution >= 0.6 is 0 Å². The number of Topliss-reactive ketones (excluding diaryl/α,β-unsaturated/α-hetero) is 1. The number of carbonyl (C=O) groups excluding carboxylic acids is 1. The van der Waals surface area contributed by atoms with Gasteiger partial charge in [-0.05, 0) is 44.2 Å². The summed E-state index contributed by atoms with van der Waals surface area (Å²) >= 11 is 0. The first-order chi connectivity index (χ1) is 8.95. The van der Waals surface area contributed by atoms with E-state index in [1.165, 1.54) is 5.56 Å². The molecule has 0 spiro atoms. The zero-order chi connectivity index (χ0) is 14.2. The number of rotatable bonds is 3. The Labute approximate surface area is 118 Å². The van der Waals surface area contributed by atoms with Gasteiger partial charge in [-0.3, -0.25) is 9.00 Å². The molecule has 0 bridgehead atoms. The van der Waals surface area contributed by atoms with Crippen LogP contribution in [0, 0.1) is 26.7 Å². The Morgan fingerprint density at radius 1 is 1.21 bits per heavy atom. The molecule has 2 nitrogen and oxygen atoms in total. The summed E-state index contributed by atoms with van der Waals surface area (Å²) in [4.78, 5) is 12.9. The van der Waals surface area contributed by atoms with E-state index < -0.39 is 10.8 Å². The van der Waals surface area contributed by atoms with Gasteiger partial charge in [-0.25, -0.2) is 0 Å². The molecule has 1 aliphatic carbocycles. The molecule has 0 aliphatic heterocycles. The summed E-state index contributed by atoms with van der Waals surface area (Å²) in [6, 6.07) is 4.11. The van der Waals surface area contributed by atoms with Crippen LogP contribution in [0.2, 0.25) is 0 Å². The van der Waals surface area contributed by atoms with Crippen molar-refractivity contribution in [3.63, 3.8) is 0 Å². The van der Waals surface area contributed by atoms with E-state index in [9.17, 15) is 9.00 Å². The van der Waals surface area contributed by atoms with Crippen LogP contribution in [0.3, 0.4) is 0 Å². The number of benzene rings is 1. The normalized spacial score (nSPS) is 24.7. The van der Waals surface area contributed by atoms with Gasteiger partial charge < -0.3 is 0 Å². The van der Waals surface area contributed by atoms with Crippen molar-refractivity contribution >= 4 is 16.6 Å².